The molecular weight excluding hydrogens is 288 g/mol. The highest BCUT2D eigenvalue weighted by atomic mass is 16.2. The molecule has 0 bridgehead atoms. The number of para-hydroxylation sites is 1. The summed E-state index contributed by atoms with van der Waals surface area (Å²) in [6, 6.07) is 6.01. The SMILES string of the molecule is CC(C)CCNC(=O)C(=O)Nc1c(C(C)C)cccc1C(C)C. The molecule has 0 aliphatic rings. The first-order valence-electron chi connectivity index (χ1n) is 8.46. The lowest BCUT2D eigenvalue weighted by Crippen LogP contribution is -2.36. The Balaban J connectivity index is 2.90. The number of nitrogens with one attached hydrogen (secondary N) is 2. The van der Waals surface area contributed by atoms with Crippen LogP contribution >= 0.6 is 0 Å². The van der Waals surface area contributed by atoms with Crippen molar-refractivity contribution in [1.29, 1.82) is 0 Å². The van der Waals surface area contributed by atoms with Gasteiger partial charge in [0.1, 0.15) is 0 Å². The topological polar surface area (TPSA) is 58.2 Å². The summed E-state index contributed by atoms with van der Waals surface area (Å²) in [5.41, 5.74) is 2.89. The van der Waals surface area contributed by atoms with Crippen LogP contribution in [0, 0.1) is 5.92 Å². The third-order valence-corrected chi connectivity index (χ3v) is 3.82. The molecule has 23 heavy (non-hydrogen) atoms. The maximum absolute atomic E-state index is 12.2. The minimum Gasteiger partial charge on any atom is -0.348 e. The molecule has 0 aliphatic carbocycles. The Hall–Kier alpha value is -1.84. The van der Waals surface area contributed by atoms with Gasteiger partial charge >= 0.3 is 11.8 Å². The van der Waals surface area contributed by atoms with Gasteiger partial charge in [-0.05, 0) is 35.3 Å². The number of hydrogen-bond acceptors (Lipinski definition) is 2. The first-order valence-corrected chi connectivity index (χ1v) is 8.46. The van der Waals surface area contributed by atoms with Crippen LogP contribution in [-0.4, -0.2) is 18.4 Å². The van der Waals surface area contributed by atoms with Gasteiger partial charge in [-0.15, -0.1) is 0 Å². The van der Waals surface area contributed by atoms with Crippen molar-refractivity contribution >= 4 is 17.5 Å². The molecule has 0 spiro atoms. The van der Waals surface area contributed by atoms with Gasteiger partial charge in [-0.1, -0.05) is 59.7 Å². The van der Waals surface area contributed by atoms with Crippen LogP contribution in [-0.2, 0) is 9.59 Å². The fraction of sp³-hybridized carbons (Fsp3) is 0.579. The van der Waals surface area contributed by atoms with Crippen molar-refractivity contribution in [3.63, 3.8) is 0 Å². The van der Waals surface area contributed by atoms with Crippen molar-refractivity contribution in [2.45, 2.75) is 59.8 Å². The number of carbonyl (C=O) groups is 2. The summed E-state index contributed by atoms with van der Waals surface area (Å²) in [7, 11) is 0. The molecule has 0 heterocycles. The van der Waals surface area contributed by atoms with Gasteiger partial charge in [0, 0.05) is 12.2 Å². The van der Waals surface area contributed by atoms with E-state index in [9.17, 15) is 9.59 Å². The van der Waals surface area contributed by atoms with Crippen LogP contribution in [0.2, 0.25) is 0 Å². The largest absolute Gasteiger partial charge is 0.348 e. The summed E-state index contributed by atoms with van der Waals surface area (Å²) >= 11 is 0. The van der Waals surface area contributed by atoms with Crippen molar-refractivity contribution in [2.75, 3.05) is 11.9 Å². The van der Waals surface area contributed by atoms with Crippen LogP contribution in [0.15, 0.2) is 18.2 Å². The molecule has 0 fully saturated rings. The van der Waals surface area contributed by atoms with Crippen molar-refractivity contribution in [3.8, 4) is 0 Å². The molecule has 128 valence electrons. The van der Waals surface area contributed by atoms with Gasteiger partial charge in [0.05, 0.1) is 0 Å². The summed E-state index contributed by atoms with van der Waals surface area (Å²) in [5, 5.41) is 5.51. The molecule has 2 N–H and O–H groups in total. The molecular formula is C19H30N2O2. The minimum atomic E-state index is -0.594. The van der Waals surface area contributed by atoms with Crippen molar-refractivity contribution in [3.05, 3.63) is 29.3 Å². The van der Waals surface area contributed by atoms with Crippen LogP contribution in [0.25, 0.3) is 0 Å². The second-order valence-electron chi connectivity index (χ2n) is 7.01. The van der Waals surface area contributed by atoms with E-state index in [1.165, 1.54) is 0 Å². The average molecular weight is 318 g/mol. The smallest absolute Gasteiger partial charge is 0.313 e. The Morgan fingerprint density at radius 1 is 0.913 bits per heavy atom. The van der Waals surface area contributed by atoms with Gasteiger partial charge in [0.2, 0.25) is 0 Å². The van der Waals surface area contributed by atoms with Crippen LogP contribution in [0.3, 0.4) is 0 Å². The second-order valence-corrected chi connectivity index (χ2v) is 7.01. The van der Waals surface area contributed by atoms with Gasteiger partial charge < -0.3 is 10.6 Å². The van der Waals surface area contributed by atoms with E-state index in [1.807, 2.05) is 18.2 Å². The van der Waals surface area contributed by atoms with Gasteiger partial charge in [-0.3, -0.25) is 9.59 Å². The Morgan fingerprint density at radius 3 is 1.87 bits per heavy atom. The highest BCUT2D eigenvalue weighted by Crippen LogP contribution is 2.32. The molecule has 0 aliphatic heterocycles. The molecule has 0 radical (unpaired) electrons. The van der Waals surface area contributed by atoms with E-state index in [0.29, 0.717) is 12.5 Å². The third-order valence-electron chi connectivity index (χ3n) is 3.82. The van der Waals surface area contributed by atoms with Crippen molar-refractivity contribution in [2.24, 2.45) is 5.92 Å². The molecule has 1 rings (SSSR count). The van der Waals surface area contributed by atoms with E-state index in [4.69, 9.17) is 0 Å². The Morgan fingerprint density at radius 2 is 1.43 bits per heavy atom. The number of anilines is 1. The summed E-state index contributed by atoms with van der Waals surface area (Å²) in [4.78, 5) is 24.2. The molecule has 0 aromatic heterocycles. The Bertz CT molecular complexity index is 522. The minimum absolute atomic E-state index is 0.271. The van der Waals surface area contributed by atoms with Crippen LogP contribution < -0.4 is 10.6 Å². The normalized spacial score (nSPS) is 11.2. The molecule has 1 aromatic rings. The maximum Gasteiger partial charge on any atom is 0.313 e. The van der Waals surface area contributed by atoms with E-state index in [0.717, 1.165) is 23.2 Å². The summed E-state index contributed by atoms with van der Waals surface area (Å²) < 4.78 is 0. The van der Waals surface area contributed by atoms with Crippen molar-refractivity contribution < 1.29 is 9.59 Å². The van der Waals surface area contributed by atoms with Gasteiger partial charge in [0.25, 0.3) is 0 Å². The third kappa shape index (κ3) is 5.70. The monoisotopic (exact) mass is 318 g/mol. The number of hydrogen-bond donors (Lipinski definition) is 2. The van der Waals surface area contributed by atoms with Crippen LogP contribution in [0.1, 0.15) is 70.9 Å². The second kappa shape index (κ2) is 8.70. The lowest BCUT2D eigenvalue weighted by atomic mass is 9.92. The van der Waals surface area contributed by atoms with E-state index in [2.05, 4.69) is 52.2 Å². The number of rotatable bonds is 6. The van der Waals surface area contributed by atoms with E-state index in [1.54, 1.807) is 0 Å². The van der Waals surface area contributed by atoms with Crippen molar-refractivity contribution in [1.82, 2.24) is 5.32 Å². The fourth-order valence-electron chi connectivity index (χ4n) is 2.42. The summed E-state index contributed by atoms with van der Waals surface area (Å²) in [5.74, 6) is -0.128. The van der Waals surface area contributed by atoms with E-state index < -0.39 is 11.8 Å². The summed E-state index contributed by atoms with van der Waals surface area (Å²) in [6.07, 6.45) is 0.860. The number of carbonyl (C=O) groups excluding carboxylic acids is 2. The zero-order chi connectivity index (χ0) is 17.6. The molecule has 4 heteroatoms. The molecule has 0 unspecified atom stereocenters. The molecule has 0 saturated heterocycles. The molecule has 0 saturated carbocycles. The predicted octanol–water partition coefficient (Wildman–Crippen LogP) is 4.03. The standard InChI is InChI=1S/C19H30N2O2/c1-12(2)10-11-20-18(22)19(23)21-17-15(13(3)4)8-7-9-16(17)14(5)6/h7-9,12-14H,10-11H2,1-6H3,(H,20,22)(H,21,23). The Kier molecular flexibility index (Phi) is 7.27. The van der Waals surface area contributed by atoms with Gasteiger partial charge in [-0.25, -0.2) is 0 Å². The lowest BCUT2D eigenvalue weighted by molar-refractivity contribution is -0.136. The highest BCUT2D eigenvalue weighted by Gasteiger charge is 2.19. The van der Waals surface area contributed by atoms with E-state index >= 15 is 0 Å². The first kappa shape index (κ1) is 19.2. The Labute approximate surface area is 140 Å². The fourth-order valence-corrected chi connectivity index (χ4v) is 2.42. The average Bonchev–Trinajstić information content (AvgIpc) is 2.46. The molecule has 1 aromatic carbocycles. The predicted molar refractivity (Wildman–Crippen MR) is 95.7 cm³/mol. The number of benzene rings is 1. The van der Waals surface area contributed by atoms with Crippen LogP contribution in [0.4, 0.5) is 5.69 Å². The van der Waals surface area contributed by atoms with Gasteiger partial charge in [0.15, 0.2) is 0 Å². The molecule has 2 amide bonds. The van der Waals surface area contributed by atoms with E-state index in [-0.39, 0.29) is 11.8 Å². The quantitative estimate of drug-likeness (QED) is 0.778. The molecule has 4 nitrogen and oxygen atoms in total. The zero-order valence-corrected chi connectivity index (χ0v) is 15.2. The van der Waals surface area contributed by atoms with Gasteiger partial charge in [-0.2, -0.15) is 0 Å². The maximum atomic E-state index is 12.2. The molecule has 0 atom stereocenters. The first-order chi connectivity index (χ1) is 10.7. The summed E-state index contributed by atoms with van der Waals surface area (Å²) in [6.45, 7) is 13.0. The highest BCUT2D eigenvalue weighted by molar-refractivity contribution is 6.39. The zero-order valence-electron chi connectivity index (χ0n) is 15.2. The lowest BCUT2D eigenvalue weighted by Gasteiger charge is -2.20. The number of amides is 2. The van der Waals surface area contributed by atoms with Crippen LogP contribution in [0.5, 0.6) is 0 Å².